The van der Waals surface area contributed by atoms with E-state index >= 15 is 0 Å². The largest absolute Gasteiger partial charge is 0.376 e. The summed E-state index contributed by atoms with van der Waals surface area (Å²) in [5, 5.41) is 13.5. The minimum Gasteiger partial charge on any atom is -0.376 e. The van der Waals surface area contributed by atoms with E-state index in [1.165, 1.54) is 6.26 Å². The molecule has 1 saturated heterocycles. The second kappa shape index (κ2) is 8.18. The summed E-state index contributed by atoms with van der Waals surface area (Å²) in [4.78, 5) is 9.15. The maximum atomic E-state index is 11.6. The predicted molar refractivity (Wildman–Crippen MR) is 110 cm³/mol. The minimum absolute atomic E-state index is 0.201. The van der Waals surface area contributed by atoms with Gasteiger partial charge in [0.05, 0.1) is 16.6 Å². The third-order valence-corrected chi connectivity index (χ3v) is 5.74. The normalized spacial score (nSPS) is 16.7. The van der Waals surface area contributed by atoms with E-state index < -0.39 is 9.84 Å². The second-order valence-corrected chi connectivity index (χ2v) is 8.86. The molecule has 1 aliphatic rings. The molecule has 0 bridgehead atoms. The molecule has 1 aliphatic heterocycles. The summed E-state index contributed by atoms with van der Waals surface area (Å²) in [6, 6.07) is 10.2. The molecule has 0 amide bonds. The molecule has 0 saturated carbocycles. The van der Waals surface area contributed by atoms with Crippen LogP contribution in [0.2, 0.25) is 0 Å². The van der Waals surface area contributed by atoms with Crippen LogP contribution in [0.5, 0.6) is 0 Å². The number of nitrogens with one attached hydrogen (secondary N) is 3. The highest BCUT2D eigenvalue weighted by atomic mass is 32.2. The molecule has 3 heterocycles. The fourth-order valence-electron chi connectivity index (χ4n) is 3.11. The van der Waals surface area contributed by atoms with E-state index in [0.717, 1.165) is 25.0 Å². The van der Waals surface area contributed by atoms with Crippen LogP contribution in [-0.4, -0.2) is 54.1 Å². The van der Waals surface area contributed by atoms with Crippen molar-refractivity contribution in [3.05, 3.63) is 42.6 Å². The number of hydrogen-bond donors (Lipinski definition) is 3. The first kappa shape index (κ1) is 19.3. The Hall–Kier alpha value is -2.98. The maximum absolute atomic E-state index is 11.6. The van der Waals surface area contributed by atoms with Gasteiger partial charge in [0.15, 0.2) is 15.7 Å². The van der Waals surface area contributed by atoms with Gasteiger partial charge in [-0.05, 0) is 49.2 Å². The van der Waals surface area contributed by atoms with Gasteiger partial charge in [0.1, 0.15) is 5.82 Å². The molecule has 29 heavy (non-hydrogen) atoms. The van der Waals surface area contributed by atoms with Crippen molar-refractivity contribution < 1.29 is 13.2 Å². The first-order valence-electron chi connectivity index (χ1n) is 9.29. The fraction of sp³-hybridized carbons (Fsp3) is 0.316. The SMILES string of the molecule is CS(=O)(=O)c1ccc(Nc2n[nH]c(-c3cccnc3NCC3CCCO3)n2)cc1. The molecule has 2 aromatic heterocycles. The fourth-order valence-corrected chi connectivity index (χ4v) is 3.74. The van der Waals surface area contributed by atoms with Crippen LogP contribution in [-0.2, 0) is 14.6 Å². The number of hydrogen-bond acceptors (Lipinski definition) is 8. The van der Waals surface area contributed by atoms with Gasteiger partial charge in [0.2, 0.25) is 5.95 Å². The molecule has 3 N–H and O–H groups in total. The Morgan fingerprint density at radius 2 is 2.07 bits per heavy atom. The Morgan fingerprint density at radius 3 is 2.79 bits per heavy atom. The minimum atomic E-state index is -3.23. The van der Waals surface area contributed by atoms with Crippen molar-refractivity contribution in [1.29, 1.82) is 0 Å². The average Bonchev–Trinajstić information content (AvgIpc) is 3.38. The van der Waals surface area contributed by atoms with Crippen molar-refractivity contribution in [2.45, 2.75) is 23.8 Å². The maximum Gasteiger partial charge on any atom is 0.246 e. The number of nitrogens with zero attached hydrogens (tertiary/aromatic N) is 3. The highest BCUT2D eigenvalue weighted by molar-refractivity contribution is 7.90. The van der Waals surface area contributed by atoms with Crippen molar-refractivity contribution in [1.82, 2.24) is 20.2 Å². The lowest BCUT2D eigenvalue weighted by atomic mass is 10.2. The molecule has 0 radical (unpaired) electrons. The van der Waals surface area contributed by atoms with E-state index in [9.17, 15) is 8.42 Å². The first-order chi connectivity index (χ1) is 14.0. The number of H-pyrrole nitrogens is 1. The average molecular weight is 414 g/mol. The monoisotopic (exact) mass is 414 g/mol. The topological polar surface area (TPSA) is 122 Å². The highest BCUT2D eigenvalue weighted by Crippen LogP contribution is 2.25. The zero-order chi connectivity index (χ0) is 20.3. The van der Waals surface area contributed by atoms with Gasteiger partial charge in [-0.2, -0.15) is 4.98 Å². The lowest BCUT2D eigenvalue weighted by Gasteiger charge is -2.13. The van der Waals surface area contributed by atoms with Gasteiger partial charge in [-0.1, -0.05) is 0 Å². The summed E-state index contributed by atoms with van der Waals surface area (Å²) in [5.41, 5.74) is 1.49. The Bertz CT molecular complexity index is 1080. The van der Waals surface area contributed by atoms with E-state index in [-0.39, 0.29) is 11.0 Å². The van der Waals surface area contributed by atoms with E-state index in [1.54, 1.807) is 30.5 Å². The van der Waals surface area contributed by atoms with Crippen LogP contribution in [0, 0.1) is 0 Å². The Balaban J connectivity index is 1.47. The number of rotatable bonds is 7. The summed E-state index contributed by atoms with van der Waals surface area (Å²) in [7, 11) is -3.23. The zero-order valence-electron chi connectivity index (χ0n) is 15.9. The molecule has 3 aromatic rings. The molecule has 152 valence electrons. The van der Waals surface area contributed by atoms with Gasteiger partial charge >= 0.3 is 0 Å². The van der Waals surface area contributed by atoms with Gasteiger partial charge in [-0.25, -0.2) is 13.4 Å². The molecule has 9 nitrogen and oxygen atoms in total. The van der Waals surface area contributed by atoms with Crippen LogP contribution in [0.3, 0.4) is 0 Å². The van der Waals surface area contributed by atoms with Crippen LogP contribution in [0.25, 0.3) is 11.4 Å². The standard InChI is InChI=1S/C19H22N6O3S/c1-29(26,27)15-8-6-13(7-9-15)22-19-23-18(24-25-19)16-5-2-10-20-17(16)21-12-14-4-3-11-28-14/h2,5-10,14H,3-4,11-12H2,1H3,(H,20,21)(H2,22,23,24,25). The van der Waals surface area contributed by atoms with E-state index in [1.807, 2.05) is 12.1 Å². The van der Waals surface area contributed by atoms with E-state index in [2.05, 4.69) is 30.8 Å². The Kier molecular flexibility index (Phi) is 5.45. The number of anilines is 3. The third-order valence-electron chi connectivity index (χ3n) is 4.61. The van der Waals surface area contributed by atoms with Crippen molar-refractivity contribution in [3.63, 3.8) is 0 Å². The zero-order valence-corrected chi connectivity index (χ0v) is 16.7. The number of benzene rings is 1. The number of aromatic amines is 1. The van der Waals surface area contributed by atoms with Gasteiger partial charge < -0.3 is 15.4 Å². The quantitative estimate of drug-likeness (QED) is 0.539. The molecule has 1 fully saturated rings. The third kappa shape index (κ3) is 4.72. The molecular formula is C19H22N6O3S. The van der Waals surface area contributed by atoms with Gasteiger partial charge in [-0.15, -0.1) is 5.10 Å². The van der Waals surface area contributed by atoms with Crippen LogP contribution < -0.4 is 10.6 Å². The molecule has 0 spiro atoms. The van der Waals surface area contributed by atoms with E-state index in [4.69, 9.17) is 4.74 Å². The molecule has 10 heteroatoms. The van der Waals surface area contributed by atoms with Gasteiger partial charge in [0, 0.05) is 31.3 Å². The second-order valence-electron chi connectivity index (χ2n) is 6.84. The Morgan fingerprint density at radius 1 is 1.24 bits per heavy atom. The Labute approximate surface area is 168 Å². The van der Waals surface area contributed by atoms with Crippen molar-refractivity contribution in [3.8, 4) is 11.4 Å². The summed E-state index contributed by atoms with van der Waals surface area (Å²) < 4.78 is 28.8. The predicted octanol–water partition coefficient (Wildman–Crippen LogP) is 2.60. The van der Waals surface area contributed by atoms with E-state index in [0.29, 0.717) is 29.8 Å². The van der Waals surface area contributed by atoms with Gasteiger partial charge in [-0.3, -0.25) is 5.10 Å². The first-order valence-corrected chi connectivity index (χ1v) is 11.2. The number of aromatic nitrogens is 4. The van der Waals surface area contributed by atoms with Crippen molar-refractivity contribution in [2.75, 3.05) is 30.0 Å². The molecule has 1 aromatic carbocycles. The van der Waals surface area contributed by atoms with Crippen molar-refractivity contribution >= 4 is 27.3 Å². The lowest BCUT2D eigenvalue weighted by molar-refractivity contribution is 0.120. The number of sulfone groups is 1. The van der Waals surface area contributed by atoms with Gasteiger partial charge in [0.25, 0.3) is 0 Å². The van der Waals surface area contributed by atoms with Crippen LogP contribution in [0.1, 0.15) is 12.8 Å². The van der Waals surface area contributed by atoms with Crippen LogP contribution in [0.4, 0.5) is 17.5 Å². The summed E-state index contributed by atoms with van der Waals surface area (Å²) in [6.07, 6.45) is 5.23. The summed E-state index contributed by atoms with van der Waals surface area (Å²) in [5.74, 6) is 1.66. The molecular weight excluding hydrogens is 392 g/mol. The molecule has 1 atom stereocenters. The molecule has 4 rings (SSSR count). The van der Waals surface area contributed by atoms with Crippen LogP contribution >= 0.6 is 0 Å². The smallest absolute Gasteiger partial charge is 0.246 e. The highest BCUT2D eigenvalue weighted by Gasteiger charge is 2.17. The summed E-state index contributed by atoms with van der Waals surface area (Å²) >= 11 is 0. The molecule has 1 unspecified atom stereocenters. The number of ether oxygens (including phenoxy) is 1. The number of pyridine rings is 1. The summed E-state index contributed by atoms with van der Waals surface area (Å²) in [6.45, 7) is 1.50. The lowest BCUT2D eigenvalue weighted by Crippen LogP contribution is -2.19. The van der Waals surface area contributed by atoms with Crippen molar-refractivity contribution in [2.24, 2.45) is 0 Å². The molecule has 0 aliphatic carbocycles. The van der Waals surface area contributed by atoms with Crippen LogP contribution in [0.15, 0.2) is 47.5 Å².